The number of aromatic nitrogens is 1. The van der Waals surface area contributed by atoms with Crippen LogP contribution < -0.4 is 5.56 Å². The Bertz CT molecular complexity index is 1190. The lowest BCUT2D eigenvalue weighted by Crippen LogP contribution is -2.59. The van der Waals surface area contributed by atoms with E-state index in [2.05, 4.69) is 0 Å². The number of carbonyl (C=O) groups is 1. The van der Waals surface area contributed by atoms with E-state index in [1.165, 1.54) is 23.1 Å². The zero-order valence-corrected chi connectivity index (χ0v) is 18.8. The summed E-state index contributed by atoms with van der Waals surface area (Å²) in [5, 5.41) is 19.9. The molecule has 32 heavy (non-hydrogen) atoms. The summed E-state index contributed by atoms with van der Waals surface area (Å²) >= 11 is 0. The lowest BCUT2D eigenvalue weighted by molar-refractivity contribution is 0.0187. The van der Waals surface area contributed by atoms with Crippen LogP contribution in [0.1, 0.15) is 26.3 Å². The van der Waals surface area contributed by atoms with Gasteiger partial charge in [0.2, 0.25) is 0 Å². The van der Waals surface area contributed by atoms with Crippen LogP contribution >= 0.6 is 0 Å². The second kappa shape index (κ2) is 8.55. The molecule has 2 heterocycles. The SMILES string of the molecule is CC(C)(C)C1CN(Cc2ccn(S(=O)(=O)c3ccccc3F)c(=O)c2O)CCN1C(=O)O. The van der Waals surface area contributed by atoms with Crippen molar-refractivity contribution in [1.29, 1.82) is 0 Å². The molecule has 0 saturated carbocycles. The van der Waals surface area contributed by atoms with Gasteiger partial charge in [-0.3, -0.25) is 9.69 Å². The van der Waals surface area contributed by atoms with E-state index >= 15 is 0 Å². The minimum Gasteiger partial charge on any atom is -0.503 e. The molecule has 2 N–H and O–H groups in total. The molecule has 1 aliphatic heterocycles. The summed E-state index contributed by atoms with van der Waals surface area (Å²) < 4.78 is 39.8. The summed E-state index contributed by atoms with van der Waals surface area (Å²) in [5.74, 6) is -1.76. The van der Waals surface area contributed by atoms with Gasteiger partial charge in [-0.1, -0.05) is 32.9 Å². The highest BCUT2D eigenvalue weighted by Gasteiger charge is 2.38. The first kappa shape index (κ1) is 23.7. The standard InChI is InChI=1S/C21H26FN3O6S/c1-21(2,3)17-13-23(10-11-24(17)20(28)29)12-14-8-9-25(19(27)18(14)26)32(30,31)16-7-5-4-6-15(16)22/h4-9,17,26H,10-13H2,1-3H3,(H,28,29). The molecule has 0 spiro atoms. The lowest BCUT2D eigenvalue weighted by Gasteiger charge is -2.46. The van der Waals surface area contributed by atoms with E-state index in [1.54, 1.807) is 0 Å². The molecule has 1 unspecified atom stereocenters. The van der Waals surface area contributed by atoms with Gasteiger partial charge in [-0.15, -0.1) is 0 Å². The molecule has 3 rings (SSSR count). The number of aromatic hydroxyl groups is 1. The topological polar surface area (TPSA) is 120 Å². The molecular formula is C21H26FN3O6S. The second-order valence-electron chi connectivity index (χ2n) is 8.82. The summed E-state index contributed by atoms with van der Waals surface area (Å²) in [4.78, 5) is 26.8. The number of nitrogens with zero attached hydrogens (tertiary/aromatic N) is 3. The Morgan fingerprint density at radius 2 is 1.84 bits per heavy atom. The first-order valence-electron chi connectivity index (χ1n) is 9.99. The zero-order valence-electron chi connectivity index (χ0n) is 18.0. The number of amides is 1. The van der Waals surface area contributed by atoms with Gasteiger partial charge in [0.05, 0.1) is 6.04 Å². The maximum Gasteiger partial charge on any atom is 0.407 e. The van der Waals surface area contributed by atoms with Crippen LogP contribution in [0.25, 0.3) is 0 Å². The van der Waals surface area contributed by atoms with Crippen LogP contribution in [0.2, 0.25) is 0 Å². The molecule has 1 saturated heterocycles. The predicted octanol–water partition coefficient (Wildman–Crippen LogP) is 2.14. The summed E-state index contributed by atoms with van der Waals surface area (Å²) in [6.45, 7) is 6.95. The fourth-order valence-electron chi connectivity index (χ4n) is 3.82. The highest BCUT2D eigenvalue weighted by molar-refractivity contribution is 7.90. The lowest BCUT2D eigenvalue weighted by atomic mass is 9.84. The molecule has 1 aromatic heterocycles. The summed E-state index contributed by atoms with van der Waals surface area (Å²) in [6, 6.07) is 5.65. The fraction of sp³-hybridized carbons (Fsp3) is 0.429. The molecule has 0 bridgehead atoms. The van der Waals surface area contributed by atoms with E-state index in [-0.39, 0.29) is 30.1 Å². The van der Waals surface area contributed by atoms with Gasteiger partial charge in [0.1, 0.15) is 10.7 Å². The molecule has 11 heteroatoms. The van der Waals surface area contributed by atoms with Gasteiger partial charge in [0, 0.05) is 37.9 Å². The van der Waals surface area contributed by atoms with Crippen LogP contribution in [0.5, 0.6) is 5.75 Å². The van der Waals surface area contributed by atoms with Crippen molar-refractivity contribution in [1.82, 2.24) is 13.8 Å². The van der Waals surface area contributed by atoms with Gasteiger partial charge in [0.15, 0.2) is 5.75 Å². The molecular weight excluding hydrogens is 441 g/mol. The average Bonchev–Trinajstić information content (AvgIpc) is 2.70. The monoisotopic (exact) mass is 467 g/mol. The molecule has 1 amide bonds. The molecule has 9 nitrogen and oxygen atoms in total. The van der Waals surface area contributed by atoms with E-state index in [9.17, 15) is 32.6 Å². The Balaban J connectivity index is 1.89. The predicted molar refractivity (Wildman–Crippen MR) is 115 cm³/mol. The van der Waals surface area contributed by atoms with Crippen molar-refractivity contribution in [3.8, 4) is 5.75 Å². The summed E-state index contributed by atoms with van der Waals surface area (Å²) in [5.41, 5.74) is -1.32. The van der Waals surface area contributed by atoms with E-state index in [0.29, 0.717) is 17.1 Å². The van der Waals surface area contributed by atoms with Crippen molar-refractivity contribution in [3.63, 3.8) is 0 Å². The Morgan fingerprint density at radius 1 is 1.19 bits per heavy atom. The summed E-state index contributed by atoms with van der Waals surface area (Å²) in [6.07, 6.45) is -0.0122. The molecule has 1 atom stereocenters. The van der Waals surface area contributed by atoms with Crippen molar-refractivity contribution in [2.45, 2.75) is 38.3 Å². The quantitative estimate of drug-likeness (QED) is 0.707. The Hall–Kier alpha value is -2.92. The smallest absolute Gasteiger partial charge is 0.407 e. The third kappa shape index (κ3) is 4.49. The molecule has 0 radical (unpaired) electrons. The normalized spacial score (nSPS) is 18.0. The Kier molecular flexibility index (Phi) is 6.34. The van der Waals surface area contributed by atoms with Crippen molar-refractivity contribution in [2.24, 2.45) is 5.41 Å². The summed E-state index contributed by atoms with van der Waals surface area (Å²) in [7, 11) is -4.53. The number of hydrogen-bond acceptors (Lipinski definition) is 6. The maximum atomic E-state index is 14.0. The third-order valence-corrected chi connectivity index (χ3v) is 7.29. The third-order valence-electron chi connectivity index (χ3n) is 5.60. The average molecular weight is 468 g/mol. The number of pyridine rings is 1. The van der Waals surface area contributed by atoms with Gasteiger partial charge in [-0.2, -0.15) is 0 Å². The molecule has 0 aliphatic carbocycles. The maximum absolute atomic E-state index is 14.0. The van der Waals surface area contributed by atoms with E-state index in [0.717, 1.165) is 18.3 Å². The minimum atomic E-state index is -4.53. The molecule has 2 aromatic rings. The van der Waals surface area contributed by atoms with Gasteiger partial charge in [-0.05, 0) is 23.6 Å². The number of halogens is 1. The van der Waals surface area contributed by atoms with Crippen molar-refractivity contribution in [2.75, 3.05) is 19.6 Å². The van der Waals surface area contributed by atoms with Crippen LogP contribution in [-0.2, 0) is 16.6 Å². The van der Waals surface area contributed by atoms with Gasteiger partial charge in [-0.25, -0.2) is 21.6 Å². The van der Waals surface area contributed by atoms with Crippen LogP contribution in [0.15, 0.2) is 46.2 Å². The first-order valence-corrected chi connectivity index (χ1v) is 11.4. The largest absolute Gasteiger partial charge is 0.503 e. The van der Waals surface area contributed by atoms with Gasteiger partial charge in [0.25, 0.3) is 10.0 Å². The zero-order chi connectivity index (χ0) is 23.8. The van der Waals surface area contributed by atoms with Gasteiger partial charge < -0.3 is 15.1 Å². The van der Waals surface area contributed by atoms with Crippen molar-refractivity contribution in [3.05, 3.63) is 58.3 Å². The molecule has 1 fully saturated rings. The van der Waals surface area contributed by atoms with Crippen LogP contribution in [0, 0.1) is 11.2 Å². The minimum absolute atomic E-state index is 0.127. The van der Waals surface area contributed by atoms with Crippen LogP contribution in [0.3, 0.4) is 0 Å². The Labute approximate surface area is 185 Å². The number of rotatable bonds is 4. The van der Waals surface area contributed by atoms with Gasteiger partial charge >= 0.3 is 11.7 Å². The molecule has 1 aliphatic rings. The van der Waals surface area contributed by atoms with Crippen LogP contribution in [-0.4, -0.2) is 64.2 Å². The van der Waals surface area contributed by atoms with Crippen molar-refractivity contribution >= 4 is 16.1 Å². The number of hydrogen-bond donors (Lipinski definition) is 2. The fourth-order valence-corrected chi connectivity index (χ4v) is 5.12. The highest BCUT2D eigenvalue weighted by atomic mass is 32.2. The second-order valence-corrected chi connectivity index (χ2v) is 10.6. The first-order chi connectivity index (χ1) is 14.8. The highest BCUT2D eigenvalue weighted by Crippen LogP contribution is 2.29. The molecule has 174 valence electrons. The number of benzene rings is 1. The Morgan fingerprint density at radius 3 is 2.44 bits per heavy atom. The van der Waals surface area contributed by atoms with E-state index in [4.69, 9.17) is 0 Å². The van der Waals surface area contributed by atoms with E-state index in [1.807, 2.05) is 25.7 Å². The van der Waals surface area contributed by atoms with Crippen molar-refractivity contribution < 1.29 is 27.8 Å². The van der Waals surface area contributed by atoms with E-state index < -0.39 is 38.1 Å². The number of carboxylic acid groups (broad SMARTS) is 1. The number of piperazine rings is 1. The van der Waals surface area contributed by atoms with Crippen LogP contribution in [0.4, 0.5) is 9.18 Å². The molecule has 1 aromatic carbocycles.